The van der Waals surface area contributed by atoms with Crippen LogP contribution in [-0.2, 0) is 14.3 Å². The molecule has 1 N–H and O–H groups in total. The average molecular weight is 369 g/mol. The Bertz CT molecular complexity index is 707. The Morgan fingerprint density at radius 3 is 2.15 bits per heavy atom. The standard InChI is InChI=1S/C22H27NO4/c1-14(23-20(25)18-5-3-2-4-6-18)21(26)27-13-19(24)22-10-15-7-16(11-22)9-17(8-15)12-22/h2-6,14-17H,7-13H2,1H3,(H,23,25)/t14-,15?,16?,17?,22?/m1/s1. The third-order valence-electron chi connectivity index (χ3n) is 6.71. The van der Waals surface area contributed by atoms with Crippen LogP contribution in [-0.4, -0.2) is 30.3 Å². The lowest BCUT2D eigenvalue weighted by molar-refractivity contribution is -0.158. The number of hydrogen-bond donors (Lipinski definition) is 1. The zero-order valence-electron chi connectivity index (χ0n) is 15.8. The maximum Gasteiger partial charge on any atom is 0.328 e. The summed E-state index contributed by atoms with van der Waals surface area (Å²) < 4.78 is 5.29. The van der Waals surface area contributed by atoms with Crippen molar-refractivity contribution in [2.45, 2.75) is 51.5 Å². The van der Waals surface area contributed by atoms with Gasteiger partial charge in [0.2, 0.25) is 0 Å². The van der Waals surface area contributed by atoms with Gasteiger partial charge in [-0.05, 0) is 75.3 Å². The van der Waals surface area contributed by atoms with E-state index in [1.165, 1.54) is 19.3 Å². The second kappa shape index (κ2) is 7.10. The van der Waals surface area contributed by atoms with Crippen LogP contribution in [0, 0.1) is 23.2 Å². The number of carbonyl (C=O) groups excluding carboxylic acids is 3. The van der Waals surface area contributed by atoms with E-state index < -0.39 is 12.0 Å². The smallest absolute Gasteiger partial charge is 0.328 e. The fourth-order valence-corrected chi connectivity index (χ4v) is 5.80. The number of amides is 1. The Morgan fingerprint density at radius 1 is 1.04 bits per heavy atom. The Morgan fingerprint density at radius 2 is 1.59 bits per heavy atom. The van der Waals surface area contributed by atoms with Crippen LogP contribution in [0.4, 0.5) is 0 Å². The van der Waals surface area contributed by atoms with Crippen molar-refractivity contribution >= 4 is 17.7 Å². The van der Waals surface area contributed by atoms with Crippen LogP contribution in [0.3, 0.4) is 0 Å². The molecule has 5 heteroatoms. The van der Waals surface area contributed by atoms with E-state index in [1.54, 1.807) is 31.2 Å². The van der Waals surface area contributed by atoms with Crippen LogP contribution in [0.15, 0.2) is 30.3 Å². The third kappa shape index (κ3) is 3.64. The summed E-state index contributed by atoms with van der Waals surface area (Å²) >= 11 is 0. The van der Waals surface area contributed by atoms with Gasteiger partial charge in [0.15, 0.2) is 12.4 Å². The van der Waals surface area contributed by atoms with Gasteiger partial charge in [-0.25, -0.2) is 4.79 Å². The molecule has 0 aliphatic heterocycles. The predicted octanol–water partition coefficient (Wildman–Crippen LogP) is 3.13. The van der Waals surface area contributed by atoms with Gasteiger partial charge in [0, 0.05) is 11.0 Å². The number of ketones is 1. The van der Waals surface area contributed by atoms with Gasteiger partial charge in [-0.2, -0.15) is 0 Å². The highest BCUT2D eigenvalue weighted by Gasteiger charge is 2.54. The van der Waals surface area contributed by atoms with Crippen LogP contribution in [0.2, 0.25) is 0 Å². The SMILES string of the molecule is C[C@@H](NC(=O)c1ccccc1)C(=O)OCC(=O)C12CC3CC(CC(C3)C1)C2. The molecule has 0 saturated heterocycles. The van der Waals surface area contributed by atoms with E-state index in [0.29, 0.717) is 23.3 Å². The van der Waals surface area contributed by atoms with Crippen molar-refractivity contribution in [1.29, 1.82) is 0 Å². The second-order valence-electron chi connectivity index (χ2n) is 8.79. The first kappa shape index (κ1) is 18.2. The summed E-state index contributed by atoms with van der Waals surface area (Å²) in [6.07, 6.45) is 6.72. The van der Waals surface area contributed by atoms with Gasteiger partial charge in [0.1, 0.15) is 6.04 Å². The highest BCUT2D eigenvalue weighted by Crippen LogP contribution is 2.60. The van der Waals surface area contributed by atoms with Crippen LogP contribution < -0.4 is 5.32 Å². The topological polar surface area (TPSA) is 72.5 Å². The molecule has 5 rings (SSSR count). The van der Waals surface area contributed by atoms with E-state index in [-0.39, 0.29) is 23.7 Å². The summed E-state index contributed by atoms with van der Waals surface area (Å²) in [7, 11) is 0. The monoisotopic (exact) mass is 369 g/mol. The summed E-state index contributed by atoms with van der Waals surface area (Å²) in [6, 6.07) is 7.93. The minimum absolute atomic E-state index is 0.0801. The Labute approximate surface area is 159 Å². The number of benzene rings is 1. The summed E-state index contributed by atoms with van der Waals surface area (Å²) in [4.78, 5) is 37.3. The Kier molecular flexibility index (Phi) is 4.79. The lowest BCUT2D eigenvalue weighted by Gasteiger charge is -2.55. The molecule has 144 valence electrons. The Balaban J connectivity index is 1.30. The third-order valence-corrected chi connectivity index (χ3v) is 6.71. The number of carbonyl (C=O) groups is 3. The number of Topliss-reactive ketones (excluding diaryl/α,β-unsaturated/α-hetero) is 1. The lowest BCUT2D eigenvalue weighted by atomic mass is 9.48. The van der Waals surface area contributed by atoms with E-state index >= 15 is 0 Å². The number of ether oxygens (including phenoxy) is 1. The fourth-order valence-electron chi connectivity index (χ4n) is 5.80. The van der Waals surface area contributed by atoms with E-state index in [4.69, 9.17) is 4.74 Å². The van der Waals surface area contributed by atoms with Gasteiger partial charge in [0.25, 0.3) is 5.91 Å². The molecule has 27 heavy (non-hydrogen) atoms. The lowest BCUT2D eigenvalue weighted by Crippen LogP contribution is -2.51. The van der Waals surface area contributed by atoms with Crippen molar-refractivity contribution in [3.8, 4) is 0 Å². The van der Waals surface area contributed by atoms with Crippen molar-refractivity contribution in [2.75, 3.05) is 6.61 Å². The molecule has 0 heterocycles. The minimum Gasteiger partial charge on any atom is -0.456 e. The summed E-state index contributed by atoms with van der Waals surface area (Å²) in [6.45, 7) is 1.41. The van der Waals surface area contributed by atoms with E-state index in [2.05, 4.69) is 5.32 Å². The molecule has 4 aliphatic rings. The number of nitrogens with one attached hydrogen (secondary N) is 1. The van der Waals surface area contributed by atoms with Gasteiger partial charge < -0.3 is 10.1 Å². The maximum atomic E-state index is 12.9. The van der Waals surface area contributed by atoms with Crippen molar-refractivity contribution in [2.24, 2.45) is 23.2 Å². The first-order valence-electron chi connectivity index (χ1n) is 10.0. The molecule has 5 nitrogen and oxygen atoms in total. The molecule has 4 aliphatic carbocycles. The van der Waals surface area contributed by atoms with Gasteiger partial charge in [-0.15, -0.1) is 0 Å². The molecular weight excluding hydrogens is 342 g/mol. The van der Waals surface area contributed by atoms with Crippen molar-refractivity contribution < 1.29 is 19.1 Å². The number of esters is 1. The second-order valence-corrected chi connectivity index (χ2v) is 8.79. The van der Waals surface area contributed by atoms with E-state index in [9.17, 15) is 14.4 Å². The van der Waals surface area contributed by atoms with Crippen LogP contribution in [0.25, 0.3) is 0 Å². The molecule has 0 radical (unpaired) electrons. The first-order valence-corrected chi connectivity index (χ1v) is 10.0. The van der Waals surface area contributed by atoms with Gasteiger partial charge in [-0.1, -0.05) is 18.2 Å². The number of rotatable bonds is 6. The van der Waals surface area contributed by atoms with E-state index in [1.807, 2.05) is 6.07 Å². The van der Waals surface area contributed by atoms with Crippen molar-refractivity contribution in [1.82, 2.24) is 5.32 Å². The molecular formula is C22H27NO4. The molecule has 4 fully saturated rings. The van der Waals surface area contributed by atoms with Gasteiger partial charge in [-0.3, -0.25) is 9.59 Å². The van der Waals surface area contributed by atoms with E-state index in [0.717, 1.165) is 19.3 Å². The summed E-state index contributed by atoms with van der Waals surface area (Å²) in [5.41, 5.74) is 0.229. The van der Waals surface area contributed by atoms with Gasteiger partial charge >= 0.3 is 5.97 Å². The summed E-state index contributed by atoms with van der Waals surface area (Å²) in [5, 5.41) is 2.63. The fraction of sp³-hybridized carbons (Fsp3) is 0.591. The molecule has 0 unspecified atom stereocenters. The zero-order valence-corrected chi connectivity index (χ0v) is 15.8. The quantitative estimate of drug-likeness (QED) is 0.782. The first-order chi connectivity index (χ1) is 12.9. The normalized spacial score (nSPS) is 32.0. The van der Waals surface area contributed by atoms with Crippen LogP contribution in [0.5, 0.6) is 0 Å². The number of hydrogen-bond acceptors (Lipinski definition) is 4. The zero-order chi connectivity index (χ0) is 19.0. The predicted molar refractivity (Wildman–Crippen MR) is 99.9 cm³/mol. The molecule has 1 aromatic carbocycles. The highest BCUT2D eigenvalue weighted by molar-refractivity contribution is 5.97. The maximum absolute atomic E-state index is 12.9. The average Bonchev–Trinajstić information content (AvgIpc) is 2.65. The molecule has 1 amide bonds. The van der Waals surface area contributed by atoms with Gasteiger partial charge in [0.05, 0.1) is 0 Å². The Hall–Kier alpha value is -2.17. The van der Waals surface area contributed by atoms with Crippen LogP contribution >= 0.6 is 0 Å². The minimum atomic E-state index is -0.790. The van der Waals surface area contributed by atoms with Crippen LogP contribution in [0.1, 0.15) is 55.8 Å². The van der Waals surface area contributed by atoms with Crippen molar-refractivity contribution in [3.05, 3.63) is 35.9 Å². The largest absolute Gasteiger partial charge is 0.456 e. The molecule has 0 aromatic heterocycles. The summed E-state index contributed by atoms with van der Waals surface area (Å²) in [5.74, 6) is 1.24. The molecule has 0 spiro atoms. The highest BCUT2D eigenvalue weighted by atomic mass is 16.5. The molecule has 4 bridgehead atoms. The van der Waals surface area contributed by atoms with Crippen molar-refractivity contribution in [3.63, 3.8) is 0 Å². The molecule has 1 atom stereocenters. The molecule has 4 saturated carbocycles. The molecule has 1 aromatic rings.